The van der Waals surface area contributed by atoms with Crippen LogP contribution in [0.15, 0.2) is 65.3 Å². The van der Waals surface area contributed by atoms with Crippen molar-refractivity contribution in [2.24, 2.45) is 4.99 Å². The second-order valence-electron chi connectivity index (χ2n) is 6.53. The van der Waals surface area contributed by atoms with Crippen LogP contribution < -0.4 is 9.47 Å². The number of carbonyl (C=O) groups excluding carboxylic acids is 2. The monoisotopic (exact) mass is 421 g/mol. The van der Waals surface area contributed by atoms with Gasteiger partial charge >= 0.3 is 11.9 Å². The van der Waals surface area contributed by atoms with Gasteiger partial charge in [0.25, 0.3) is 0 Å². The van der Waals surface area contributed by atoms with Crippen molar-refractivity contribution in [3.05, 3.63) is 76.4 Å². The summed E-state index contributed by atoms with van der Waals surface area (Å²) < 4.78 is 15.7. The largest absolute Gasteiger partial charge is 0.493 e. The Hall–Kier alpha value is -3.64. The molecule has 1 heterocycles. The van der Waals surface area contributed by atoms with Crippen molar-refractivity contribution < 1.29 is 23.8 Å². The van der Waals surface area contributed by atoms with Crippen molar-refractivity contribution in [1.29, 1.82) is 0 Å². The third-order valence-corrected chi connectivity index (χ3v) is 4.70. The van der Waals surface area contributed by atoms with Crippen LogP contribution in [0.3, 0.4) is 0 Å². The van der Waals surface area contributed by atoms with E-state index < -0.39 is 11.9 Å². The molecule has 0 spiro atoms. The Morgan fingerprint density at radius 3 is 2.60 bits per heavy atom. The highest BCUT2D eigenvalue weighted by Gasteiger charge is 2.25. The first-order chi connectivity index (χ1) is 14.4. The number of hydrogen-bond acceptors (Lipinski definition) is 6. The van der Waals surface area contributed by atoms with Crippen LogP contribution in [-0.2, 0) is 14.3 Å². The molecule has 0 aliphatic carbocycles. The number of methoxy groups -OCH3 is 1. The second kappa shape index (κ2) is 8.00. The third-order valence-electron chi connectivity index (χ3n) is 4.42. The van der Waals surface area contributed by atoms with Gasteiger partial charge in [-0.15, -0.1) is 0 Å². The van der Waals surface area contributed by atoms with E-state index in [0.717, 1.165) is 10.8 Å². The van der Waals surface area contributed by atoms with Crippen LogP contribution in [-0.4, -0.2) is 24.9 Å². The SMILES string of the molecule is COc1cc(/C=C2\N=C(c3ccc4ccccc4c3)OC2=O)cc(Cl)c1OC(C)=O. The molecule has 0 radical (unpaired) electrons. The summed E-state index contributed by atoms with van der Waals surface area (Å²) in [6.45, 7) is 1.27. The lowest BCUT2D eigenvalue weighted by molar-refractivity contribution is -0.132. The Bertz CT molecular complexity index is 1250. The van der Waals surface area contributed by atoms with Gasteiger partial charge in [-0.25, -0.2) is 9.79 Å². The number of hydrogen-bond donors (Lipinski definition) is 0. The van der Waals surface area contributed by atoms with Crippen LogP contribution in [0.5, 0.6) is 11.5 Å². The molecular formula is C23H16ClNO5. The van der Waals surface area contributed by atoms with Crippen molar-refractivity contribution in [3.8, 4) is 11.5 Å². The first-order valence-electron chi connectivity index (χ1n) is 9.02. The summed E-state index contributed by atoms with van der Waals surface area (Å²) in [5, 5.41) is 2.27. The van der Waals surface area contributed by atoms with Crippen LogP contribution in [0.2, 0.25) is 5.02 Å². The van der Waals surface area contributed by atoms with Crippen LogP contribution >= 0.6 is 11.6 Å². The fourth-order valence-corrected chi connectivity index (χ4v) is 3.34. The quantitative estimate of drug-likeness (QED) is 0.344. The van der Waals surface area contributed by atoms with Gasteiger partial charge in [-0.05, 0) is 46.7 Å². The predicted molar refractivity (Wildman–Crippen MR) is 114 cm³/mol. The smallest absolute Gasteiger partial charge is 0.363 e. The summed E-state index contributed by atoms with van der Waals surface area (Å²) in [6.07, 6.45) is 1.53. The van der Waals surface area contributed by atoms with Gasteiger partial charge in [0.15, 0.2) is 17.2 Å². The molecule has 0 bridgehead atoms. The van der Waals surface area contributed by atoms with E-state index in [4.69, 9.17) is 25.8 Å². The number of aliphatic imine (C=N–C) groups is 1. The van der Waals surface area contributed by atoms with Crippen LogP contribution in [0, 0.1) is 0 Å². The highest BCUT2D eigenvalue weighted by Crippen LogP contribution is 2.37. The molecule has 0 fully saturated rings. The minimum atomic E-state index is -0.572. The van der Waals surface area contributed by atoms with Gasteiger partial charge in [0.05, 0.1) is 12.1 Å². The van der Waals surface area contributed by atoms with Gasteiger partial charge in [-0.1, -0.05) is 41.9 Å². The Morgan fingerprint density at radius 1 is 1.10 bits per heavy atom. The van der Waals surface area contributed by atoms with Crippen LogP contribution in [0.4, 0.5) is 0 Å². The van der Waals surface area contributed by atoms with Gasteiger partial charge < -0.3 is 14.2 Å². The molecule has 150 valence electrons. The maximum absolute atomic E-state index is 12.3. The first-order valence-corrected chi connectivity index (χ1v) is 9.40. The summed E-state index contributed by atoms with van der Waals surface area (Å²) in [5.74, 6) is -0.493. The molecular weight excluding hydrogens is 406 g/mol. The van der Waals surface area contributed by atoms with E-state index in [1.807, 2.05) is 42.5 Å². The molecule has 0 saturated heterocycles. The van der Waals surface area contributed by atoms with Gasteiger partial charge in [-0.2, -0.15) is 0 Å². The Kier molecular flexibility index (Phi) is 5.25. The number of ether oxygens (including phenoxy) is 3. The lowest BCUT2D eigenvalue weighted by atomic mass is 10.1. The Labute approximate surface area is 177 Å². The van der Waals surface area contributed by atoms with E-state index in [1.165, 1.54) is 20.1 Å². The highest BCUT2D eigenvalue weighted by atomic mass is 35.5. The minimum absolute atomic E-state index is 0.114. The fourth-order valence-electron chi connectivity index (χ4n) is 3.08. The molecule has 0 atom stereocenters. The maximum Gasteiger partial charge on any atom is 0.363 e. The standard InChI is InChI=1S/C23H16ClNO5/c1-13(26)29-21-18(24)9-14(11-20(21)28-2)10-19-23(27)30-22(25-19)17-8-7-15-5-3-4-6-16(15)12-17/h3-12H,1-2H3/b19-10-. The number of halogens is 1. The van der Waals surface area contributed by atoms with E-state index >= 15 is 0 Å². The number of cyclic esters (lactones) is 1. The molecule has 7 heteroatoms. The molecule has 1 aliphatic heterocycles. The molecule has 0 aromatic heterocycles. The average molecular weight is 422 g/mol. The molecule has 6 nitrogen and oxygen atoms in total. The van der Waals surface area contributed by atoms with Crippen molar-refractivity contribution >= 4 is 46.3 Å². The van der Waals surface area contributed by atoms with Crippen LogP contribution in [0.25, 0.3) is 16.8 Å². The normalized spacial score (nSPS) is 14.6. The Balaban J connectivity index is 1.69. The van der Waals surface area contributed by atoms with E-state index in [-0.39, 0.29) is 28.1 Å². The molecule has 30 heavy (non-hydrogen) atoms. The molecule has 0 amide bonds. The Morgan fingerprint density at radius 2 is 1.87 bits per heavy atom. The number of benzene rings is 3. The number of carbonyl (C=O) groups is 2. The summed E-state index contributed by atoms with van der Waals surface area (Å²) in [4.78, 5) is 27.9. The summed E-state index contributed by atoms with van der Waals surface area (Å²) >= 11 is 6.22. The molecule has 0 saturated carbocycles. The summed E-state index contributed by atoms with van der Waals surface area (Å²) in [5.41, 5.74) is 1.37. The van der Waals surface area contributed by atoms with E-state index in [2.05, 4.69) is 4.99 Å². The van der Waals surface area contributed by atoms with Gasteiger partial charge in [0, 0.05) is 12.5 Å². The predicted octanol–water partition coefficient (Wildman–Crippen LogP) is 4.77. The topological polar surface area (TPSA) is 74.2 Å². The van der Waals surface area contributed by atoms with Gasteiger partial charge in [0.2, 0.25) is 5.90 Å². The zero-order chi connectivity index (χ0) is 21.3. The molecule has 4 rings (SSSR count). The molecule has 1 aliphatic rings. The zero-order valence-electron chi connectivity index (χ0n) is 16.1. The van der Waals surface area contributed by atoms with Crippen molar-refractivity contribution in [2.45, 2.75) is 6.92 Å². The lowest BCUT2D eigenvalue weighted by Gasteiger charge is -2.10. The van der Waals surface area contributed by atoms with Crippen LogP contribution in [0.1, 0.15) is 18.1 Å². The minimum Gasteiger partial charge on any atom is -0.493 e. The summed E-state index contributed by atoms with van der Waals surface area (Å²) in [7, 11) is 1.43. The number of nitrogens with zero attached hydrogens (tertiary/aromatic N) is 1. The number of esters is 2. The third kappa shape index (κ3) is 3.90. The molecule has 3 aromatic rings. The lowest BCUT2D eigenvalue weighted by Crippen LogP contribution is -2.05. The number of rotatable bonds is 4. The maximum atomic E-state index is 12.3. The van der Waals surface area contributed by atoms with Crippen molar-refractivity contribution in [1.82, 2.24) is 0 Å². The van der Waals surface area contributed by atoms with E-state index in [9.17, 15) is 9.59 Å². The highest BCUT2D eigenvalue weighted by molar-refractivity contribution is 6.32. The second-order valence-corrected chi connectivity index (χ2v) is 6.93. The van der Waals surface area contributed by atoms with E-state index in [0.29, 0.717) is 11.1 Å². The first kappa shape index (κ1) is 19.7. The van der Waals surface area contributed by atoms with E-state index in [1.54, 1.807) is 12.1 Å². The van der Waals surface area contributed by atoms with Gasteiger partial charge in [-0.3, -0.25) is 4.79 Å². The zero-order valence-corrected chi connectivity index (χ0v) is 16.9. The molecule has 0 N–H and O–H groups in total. The summed E-state index contributed by atoms with van der Waals surface area (Å²) in [6, 6.07) is 16.7. The number of fused-ring (bicyclic) bond motifs is 1. The van der Waals surface area contributed by atoms with Crippen molar-refractivity contribution in [3.63, 3.8) is 0 Å². The molecule has 0 unspecified atom stereocenters. The van der Waals surface area contributed by atoms with Gasteiger partial charge in [0.1, 0.15) is 0 Å². The van der Waals surface area contributed by atoms with Crippen molar-refractivity contribution in [2.75, 3.05) is 7.11 Å². The fraction of sp³-hybridized carbons (Fsp3) is 0.0870. The molecule has 3 aromatic carbocycles. The average Bonchev–Trinajstić information content (AvgIpc) is 3.09.